The first-order valence-electron chi connectivity index (χ1n) is 8.05. The molecular formula is C19H15BrN4. The zero-order valence-electron chi connectivity index (χ0n) is 12.9. The number of H-pyrrole nitrogens is 1. The van der Waals surface area contributed by atoms with Gasteiger partial charge >= 0.3 is 0 Å². The second kappa shape index (κ2) is 5.40. The third kappa shape index (κ3) is 2.16. The molecule has 0 spiro atoms. The molecule has 1 unspecified atom stereocenters. The number of hydrogen-bond donors (Lipinski definition) is 2. The third-order valence-electron chi connectivity index (χ3n) is 4.68. The molecule has 0 bridgehead atoms. The summed E-state index contributed by atoms with van der Waals surface area (Å²) in [4.78, 5) is 13.0. The minimum absolute atomic E-state index is 0.0528. The highest BCUT2D eigenvalue weighted by atomic mass is 79.9. The summed E-state index contributed by atoms with van der Waals surface area (Å²) in [5, 5.41) is 4.88. The van der Waals surface area contributed by atoms with Crippen molar-refractivity contribution in [2.24, 2.45) is 0 Å². The molecule has 1 atom stereocenters. The van der Waals surface area contributed by atoms with Crippen molar-refractivity contribution < 1.29 is 0 Å². The van der Waals surface area contributed by atoms with Crippen LogP contribution in [-0.2, 0) is 6.42 Å². The Bertz CT molecular complexity index is 1070. The highest BCUT2D eigenvalue weighted by Gasteiger charge is 2.26. The average molecular weight is 379 g/mol. The number of benzene rings is 2. The molecule has 4 nitrogen and oxygen atoms in total. The molecular weight excluding hydrogens is 364 g/mol. The molecule has 5 rings (SSSR count). The van der Waals surface area contributed by atoms with Crippen LogP contribution in [0.1, 0.15) is 23.0 Å². The molecule has 0 radical (unpaired) electrons. The average Bonchev–Trinajstić information content (AvgIpc) is 2.99. The van der Waals surface area contributed by atoms with Crippen LogP contribution in [0.2, 0.25) is 0 Å². The van der Waals surface area contributed by atoms with Crippen LogP contribution in [0.15, 0.2) is 53.1 Å². The van der Waals surface area contributed by atoms with Crippen molar-refractivity contribution in [1.82, 2.24) is 20.3 Å². The Kier molecular flexibility index (Phi) is 3.18. The Morgan fingerprint density at radius 1 is 1.08 bits per heavy atom. The van der Waals surface area contributed by atoms with E-state index < -0.39 is 0 Å². The fourth-order valence-corrected chi connectivity index (χ4v) is 3.92. The smallest absolute Gasteiger partial charge is 0.0922 e. The van der Waals surface area contributed by atoms with E-state index in [9.17, 15) is 0 Å². The van der Waals surface area contributed by atoms with Gasteiger partial charge in [-0.1, -0.05) is 28.1 Å². The summed E-state index contributed by atoms with van der Waals surface area (Å²) >= 11 is 3.58. The molecule has 1 aliphatic rings. The van der Waals surface area contributed by atoms with Crippen LogP contribution in [0.3, 0.4) is 0 Å². The van der Waals surface area contributed by atoms with Gasteiger partial charge in [0, 0.05) is 27.6 Å². The molecule has 0 saturated heterocycles. The van der Waals surface area contributed by atoms with Gasteiger partial charge in [0.15, 0.2) is 0 Å². The van der Waals surface area contributed by atoms with E-state index in [2.05, 4.69) is 49.4 Å². The predicted molar refractivity (Wildman–Crippen MR) is 99.1 cm³/mol. The molecule has 0 saturated carbocycles. The summed E-state index contributed by atoms with van der Waals surface area (Å²) in [5.41, 5.74) is 6.58. The number of nitrogens with zero attached hydrogens (tertiary/aromatic N) is 2. The second-order valence-electron chi connectivity index (χ2n) is 6.13. The highest BCUT2D eigenvalue weighted by Crippen LogP contribution is 2.34. The second-order valence-corrected chi connectivity index (χ2v) is 7.04. The van der Waals surface area contributed by atoms with Gasteiger partial charge in [-0.2, -0.15) is 0 Å². The Labute approximate surface area is 147 Å². The van der Waals surface area contributed by atoms with E-state index in [4.69, 9.17) is 4.98 Å². The molecule has 5 heteroatoms. The Morgan fingerprint density at radius 2 is 1.96 bits per heavy atom. The maximum atomic E-state index is 4.83. The zero-order chi connectivity index (χ0) is 16.1. The summed E-state index contributed by atoms with van der Waals surface area (Å²) in [6, 6.07) is 14.4. The fraction of sp³-hybridized carbons (Fsp3) is 0.158. The normalized spacial score (nSPS) is 17.3. The summed E-state index contributed by atoms with van der Waals surface area (Å²) in [6.45, 7) is 0.936. The topological polar surface area (TPSA) is 53.6 Å². The van der Waals surface area contributed by atoms with Crippen molar-refractivity contribution in [2.75, 3.05) is 6.54 Å². The quantitative estimate of drug-likeness (QED) is 0.523. The SMILES string of the molecule is Brc1ccc2[nH]c3c(c2c1)CCNC3c1cnc2ccccc2n1. The van der Waals surface area contributed by atoms with E-state index in [0.717, 1.165) is 34.2 Å². The molecule has 4 aromatic rings. The molecule has 0 amide bonds. The molecule has 2 N–H and O–H groups in total. The van der Waals surface area contributed by atoms with Crippen molar-refractivity contribution in [2.45, 2.75) is 12.5 Å². The molecule has 2 aromatic heterocycles. The molecule has 118 valence electrons. The lowest BCUT2D eigenvalue weighted by molar-refractivity contribution is 0.549. The predicted octanol–water partition coefficient (Wildman–Crippen LogP) is 4.11. The van der Waals surface area contributed by atoms with Crippen molar-refractivity contribution in [3.05, 3.63) is 70.1 Å². The van der Waals surface area contributed by atoms with Crippen LogP contribution in [0.4, 0.5) is 0 Å². The molecule has 0 fully saturated rings. The Morgan fingerprint density at radius 3 is 2.88 bits per heavy atom. The summed E-state index contributed by atoms with van der Waals surface area (Å²) in [6.07, 6.45) is 2.90. The number of halogens is 1. The zero-order valence-corrected chi connectivity index (χ0v) is 14.5. The van der Waals surface area contributed by atoms with E-state index >= 15 is 0 Å². The number of hydrogen-bond acceptors (Lipinski definition) is 3. The van der Waals surface area contributed by atoms with Crippen LogP contribution in [0, 0.1) is 0 Å². The lowest BCUT2D eigenvalue weighted by Crippen LogP contribution is -2.31. The first kappa shape index (κ1) is 14.1. The van der Waals surface area contributed by atoms with Crippen LogP contribution in [0.5, 0.6) is 0 Å². The molecule has 2 aromatic carbocycles. The number of para-hydroxylation sites is 2. The van der Waals surface area contributed by atoms with Gasteiger partial charge in [0.2, 0.25) is 0 Å². The van der Waals surface area contributed by atoms with E-state index in [0.29, 0.717) is 0 Å². The number of nitrogens with one attached hydrogen (secondary N) is 2. The third-order valence-corrected chi connectivity index (χ3v) is 5.17. The van der Waals surface area contributed by atoms with Crippen molar-refractivity contribution >= 4 is 37.9 Å². The van der Waals surface area contributed by atoms with Gasteiger partial charge in [-0.05, 0) is 42.3 Å². The standard InChI is InChI=1S/C19H15BrN4/c20-11-5-6-14-13(9-11)12-7-8-21-19(18(12)24-14)17-10-22-15-3-1-2-4-16(15)23-17/h1-6,9-10,19,21,24H,7-8H2. The van der Waals surface area contributed by atoms with Crippen LogP contribution in [-0.4, -0.2) is 21.5 Å². The summed E-state index contributed by atoms with van der Waals surface area (Å²) in [5.74, 6) is 0. The Hall–Kier alpha value is -2.24. The maximum Gasteiger partial charge on any atom is 0.0922 e. The van der Waals surface area contributed by atoms with Crippen LogP contribution in [0.25, 0.3) is 21.9 Å². The molecule has 0 aliphatic carbocycles. The van der Waals surface area contributed by atoms with Crippen LogP contribution >= 0.6 is 15.9 Å². The molecule has 3 heterocycles. The Balaban J connectivity index is 1.69. The lowest BCUT2D eigenvalue weighted by Gasteiger charge is -2.24. The largest absolute Gasteiger partial charge is 0.357 e. The van der Waals surface area contributed by atoms with E-state index in [1.807, 2.05) is 30.5 Å². The minimum Gasteiger partial charge on any atom is -0.357 e. The number of aromatic amines is 1. The van der Waals surface area contributed by atoms with E-state index in [1.165, 1.54) is 22.2 Å². The summed E-state index contributed by atoms with van der Waals surface area (Å²) < 4.78 is 1.11. The fourth-order valence-electron chi connectivity index (χ4n) is 3.56. The van der Waals surface area contributed by atoms with Crippen molar-refractivity contribution in [1.29, 1.82) is 0 Å². The van der Waals surface area contributed by atoms with Gasteiger partial charge in [-0.3, -0.25) is 4.98 Å². The van der Waals surface area contributed by atoms with Crippen molar-refractivity contribution in [3.8, 4) is 0 Å². The number of fused-ring (bicyclic) bond motifs is 4. The lowest BCUT2D eigenvalue weighted by atomic mass is 9.97. The van der Waals surface area contributed by atoms with Gasteiger partial charge in [-0.15, -0.1) is 0 Å². The summed E-state index contributed by atoms with van der Waals surface area (Å²) in [7, 11) is 0. The van der Waals surface area contributed by atoms with Crippen molar-refractivity contribution in [3.63, 3.8) is 0 Å². The first-order valence-corrected chi connectivity index (χ1v) is 8.84. The molecule has 24 heavy (non-hydrogen) atoms. The minimum atomic E-state index is 0.0528. The van der Waals surface area contributed by atoms with E-state index in [-0.39, 0.29) is 6.04 Å². The van der Waals surface area contributed by atoms with Gasteiger partial charge in [0.1, 0.15) is 0 Å². The van der Waals surface area contributed by atoms with Crippen LogP contribution < -0.4 is 5.32 Å². The number of rotatable bonds is 1. The number of aromatic nitrogens is 3. The highest BCUT2D eigenvalue weighted by molar-refractivity contribution is 9.10. The molecule has 1 aliphatic heterocycles. The first-order chi connectivity index (χ1) is 11.8. The van der Waals surface area contributed by atoms with Gasteiger partial charge in [0.05, 0.1) is 29.0 Å². The van der Waals surface area contributed by atoms with Gasteiger partial charge in [-0.25, -0.2) is 4.98 Å². The monoisotopic (exact) mass is 378 g/mol. The van der Waals surface area contributed by atoms with Gasteiger partial charge < -0.3 is 10.3 Å². The van der Waals surface area contributed by atoms with E-state index in [1.54, 1.807) is 0 Å². The maximum absolute atomic E-state index is 4.83. The van der Waals surface area contributed by atoms with Gasteiger partial charge in [0.25, 0.3) is 0 Å².